The van der Waals surface area contributed by atoms with E-state index in [1.165, 1.54) is 11.8 Å². The maximum atomic E-state index is 13.1. The lowest BCUT2D eigenvalue weighted by molar-refractivity contribution is -0.230. The number of hydrogen-bond acceptors (Lipinski definition) is 11. The summed E-state index contributed by atoms with van der Waals surface area (Å²) in [5.74, 6) is -2.76. The molecule has 0 radical (unpaired) electrons. The molecular weight excluding hydrogens is 418 g/mol. The number of aliphatic imine (C=N–C) groups is 2. The fourth-order valence-electron chi connectivity index (χ4n) is 5.18. The molecule has 4 aliphatic rings. The lowest BCUT2D eigenvalue weighted by atomic mass is 9.83. The number of guanidine groups is 2. The van der Waals surface area contributed by atoms with Gasteiger partial charge in [-0.15, -0.1) is 0 Å². The van der Waals surface area contributed by atoms with E-state index in [1.807, 2.05) is 6.07 Å². The second kappa shape index (κ2) is 6.81. The minimum Gasteiger partial charge on any atom is -0.492 e. The van der Waals surface area contributed by atoms with E-state index in [4.69, 9.17) is 16.2 Å². The van der Waals surface area contributed by atoms with Crippen LogP contribution in [0.25, 0.3) is 0 Å². The largest absolute Gasteiger partial charge is 0.492 e. The second-order valence-corrected chi connectivity index (χ2v) is 8.57. The van der Waals surface area contributed by atoms with E-state index < -0.39 is 35.5 Å². The van der Waals surface area contributed by atoms with Crippen molar-refractivity contribution in [3.05, 3.63) is 29.3 Å². The average molecular weight is 443 g/mol. The van der Waals surface area contributed by atoms with E-state index >= 15 is 0 Å². The van der Waals surface area contributed by atoms with Gasteiger partial charge >= 0.3 is 0 Å². The van der Waals surface area contributed by atoms with Gasteiger partial charge in [0, 0.05) is 19.4 Å². The smallest absolute Gasteiger partial charge is 0.255 e. The van der Waals surface area contributed by atoms with Crippen LogP contribution in [0.3, 0.4) is 0 Å². The Morgan fingerprint density at radius 3 is 2.88 bits per heavy atom. The number of carbonyl (C=O) groups is 2. The van der Waals surface area contributed by atoms with Crippen LogP contribution in [0.1, 0.15) is 29.3 Å². The number of ether oxygens (including phenoxy) is 1. The zero-order valence-corrected chi connectivity index (χ0v) is 17.4. The highest BCUT2D eigenvalue weighted by Crippen LogP contribution is 2.45. The average Bonchev–Trinajstić information content (AvgIpc) is 3.38. The van der Waals surface area contributed by atoms with Crippen molar-refractivity contribution in [2.75, 3.05) is 13.2 Å². The van der Waals surface area contributed by atoms with E-state index in [-0.39, 0.29) is 30.7 Å². The molecule has 8 N–H and O–H groups in total. The molecule has 12 heteroatoms. The van der Waals surface area contributed by atoms with Gasteiger partial charge in [0.05, 0.1) is 18.2 Å². The summed E-state index contributed by atoms with van der Waals surface area (Å²) in [5.41, 5.74) is 11.6. The van der Waals surface area contributed by atoms with Crippen LogP contribution in [0.2, 0.25) is 0 Å². The Kier molecular flexibility index (Phi) is 4.37. The van der Waals surface area contributed by atoms with E-state index in [0.717, 1.165) is 5.56 Å². The highest BCUT2D eigenvalue weighted by Gasteiger charge is 2.73. The van der Waals surface area contributed by atoms with Crippen molar-refractivity contribution in [1.82, 2.24) is 15.5 Å². The third kappa shape index (κ3) is 2.69. The van der Waals surface area contributed by atoms with Crippen LogP contribution >= 0.6 is 0 Å². The molecule has 0 aliphatic carbocycles. The van der Waals surface area contributed by atoms with Crippen LogP contribution in [0.5, 0.6) is 5.75 Å². The number of carbonyl (C=O) groups excluding carboxylic acids is 2. The summed E-state index contributed by atoms with van der Waals surface area (Å²) in [6.45, 7) is 1.82. The lowest BCUT2D eigenvalue weighted by Gasteiger charge is -2.48. The Morgan fingerprint density at radius 2 is 2.12 bits per heavy atom. The number of ketones is 1. The Hall–Kier alpha value is -3.38. The van der Waals surface area contributed by atoms with Crippen LogP contribution in [-0.2, 0) is 11.2 Å². The quantitative estimate of drug-likeness (QED) is 0.271. The van der Waals surface area contributed by atoms with E-state index in [9.17, 15) is 19.8 Å². The number of nitrogens with one attached hydrogen (secondary N) is 2. The molecule has 1 aromatic carbocycles. The zero-order valence-electron chi connectivity index (χ0n) is 17.4. The predicted octanol–water partition coefficient (Wildman–Crippen LogP) is -2.62. The third-order valence-corrected chi connectivity index (χ3v) is 6.56. The summed E-state index contributed by atoms with van der Waals surface area (Å²) in [6, 6.07) is 2.44. The molecule has 1 fully saturated rings. The maximum absolute atomic E-state index is 13.1. The first-order chi connectivity index (χ1) is 15.1. The molecule has 1 saturated heterocycles. The molecule has 4 aliphatic heterocycles. The normalized spacial score (nSPS) is 31.5. The molecule has 0 unspecified atom stereocenters. The van der Waals surface area contributed by atoms with Gasteiger partial charge in [-0.1, -0.05) is 12.1 Å². The molecule has 4 heterocycles. The Balaban J connectivity index is 1.49. The van der Waals surface area contributed by atoms with Gasteiger partial charge in [0.2, 0.25) is 5.79 Å². The topological polar surface area (TPSA) is 188 Å². The number of nitrogens with two attached hydrogens (primary N) is 2. The minimum absolute atomic E-state index is 0.0000134. The fourth-order valence-corrected chi connectivity index (χ4v) is 5.18. The van der Waals surface area contributed by atoms with Crippen molar-refractivity contribution in [3.8, 4) is 5.75 Å². The van der Waals surface area contributed by atoms with Crippen LogP contribution in [-0.4, -0.2) is 81.4 Å². The van der Waals surface area contributed by atoms with Crippen molar-refractivity contribution in [2.24, 2.45) is 21.5 Å². The Morgan fingerprint density at radius 1 is 1.34 bits per heavy atom. The second-order valence-electron chi connectivity index (χ2n) is 8.57. The molecule has 32 heavy (non-hydrogen) atoms. The van der Waals surface area contributed by atoms with Crippen molar-refractivity contribution < 1.29 is 24.5 Å². The van der Waals surface area contributed by atoms with Crippen molar-refractivity contribution in [1.29, 1.82) is 0 Å². The van der Waals surface area contributed by atoms with Crippen molar-refractivity contribution in [2.45, 2.75) is 49.3 Å². The van der Waals surface area contributed by atoms with Gasteiger partial charge in [-0.2, -0.15) is 0 Å². The molecule has 1 spiro atoms. The maximum Gasteiger partial charge on any atom is 0.255 e. The molecule has 4 atom stereocenters. The van der Waals surface area contributed by atoms with Crippen molar-refractivity contribution >= 4 is 23.6 Å². The monoisotopic (exact) mass is 443 g/mol. The van der Waals surface area contributed by atoms with Gasteiger partial charge in [0.15, 0.2) is 17.6 Å². The van der Waals surface area contributed by atoms with E-state index in [1.54, 1.807) is 12.1 Å². The Labute approximate surface area is 183 Å². The van der Waals surface area contributed by atoms with Crippen LogP contribution in [0, 0.1) is 0 Å². The number of benzene rings is 1. The van der Waals surface area contributed by atoms with Gasteiger partial charge in [0.25, 0.3) is 5.91 Å². The number of Topliss-reactive ketones (excluding diaryl/α,β-unsaturated/α-hetero) is 1. The summed E-state index contributed by atoms with van der Waals surface area (Å²) < 4.78 is 5.60. The molecule has 1 aromatic rings. The fraction of sp³-hybridized carbons (Fsp3) is 0.500. The number of rotatable bonds is 4. The molecule has 1 amide bonds. The van der Waals surface area contributed by atoms with Gasteiger partial charge in [-0.25, -0.2) is 9.98 Å². The van der Waals surface area contributed by atoms with Crippen molar-refractivity contribution in [3.63, 3.8) is 0 Å². The highest BCUT2D eigenvalue weighted by molar-refractivity contribution is 5.98. The number of aliphatic hydroxyl groups is 2. The number of hydrogen-bond donors (Lipinski definition) is 6. The number of para-hydroxylation sites is 1. The summed E-state index contributed by atoms with van der Waals surface area (Å²) >= 11 is 0. The van der Waals surface area contributed by atoms with Gasteiger partial charge in [0.1, 0.15) is 23.6 Å². The summed E-state index contributed by atoms with van der Waals surface area (Å²) in [4.78, 5) is 35.0. The van der Waals surface area contributed by atoms with Crippen LogP contribution < -0.4 is 26.8 Å². The van der Waals surface area contributed by atoms with Gasteiger partial charge < -0.3 is 42.0 Å². The first-order valence-electron chi connectivity index (χ1n) is 10.4. The number of amides is 1. The Bertz CT molecular complexity index is 1070. The first kappa shape index (κ1) is 20.5. The third-order valence-electron chi connectivity index (χ3n) is 6.56. The number of fused-ring (bicyclic) bond motifs is 1. The van der Waals surface area contributed by atoms with E-state index in [2.05, 4.69) is 20.6 Å². The molecular formula is C20H25N7O5. The van der Waals surface area contributed by atoms with Gasteiger partial charge in [-0.3, -0.25) is 9.59 Å². The highest BCUT2D eigenvalue weighted by atomic mass is 16.5. The molecule has 5 rings (SSSR count). The summed E-state index contributed by atoms with van der Waals surface area (Å²) in [7, 11) is 0. The van der Waals surface area contributed by atoms with E-state index in [0.29, 0.717) is 24.3 Å². The molecule has 0 saturated carbocycles. The first-order valence-corrected chi connectivity index (χ1v) is 10.4. The van der Waals surface area contributed by atoms with Crippen LogP contribution in [0.4, 0.5) is 0 Å². The molecule has 0 aromatic heterocycles. The molecule has 170 valence electrons. The zero-order chi connectivity index (χ0) is 22.8. The van der Waals surface area contributed by atoms with Crippen LogP contribution in [0.15, 0.2) is 28.2 Å². The minimum atomic E-state index is -2.55. The number of nitrogens with zero attached hydrogens (tertiary/aromatic N) is 3. The molecule has 12 nitrogen and oxygen atoms in total. The SMILES string of the molecule is CC(=O)C[C@@H]1N=C(N)N2C[C@H](NC(=O)c3cccc4c3OCC4)C(O)(O)[C@@]23NC(N)=N[C@@H]13. The summed E-state index contributed by atoms with van der Waals surface area (Å²) in [5, 5.41) is 28.3. The summed E-state index contributed by atoms with van der Waals surface area (Å²) in [6.07, 6.45) is 0.702. The van der Waals surface area contributed by atoms with Gasteiger partial charge in [-0.05, 0) is 18.6 Å². The molecule has 0 bridgehead atoms. The standard InChI is InChI=1S/C20H25N7O5/c1-9(28)7-12-15-19(26-17(21)25-15)20(30,31)13(8-27(19)18(22)23-12)24-16(29)11-4-2-3-10-5-6-32-14(10)11/h2-4,12-13,15,30-31H,5-8H2,1H3,(H2,22,23)(H,24,29)(H3,21,25,26)/t12-,13-,15-,19-/m0/s1. The predicted molar refractivity (Wildman–Crippen MR) is 113 cm³/mol. The lowest BCUT2D eigenvalue weighted by Crippen LogP contribution is -2.77.